The molecule has 0 saturated carbocycles. The quantitative estimate of drug-likeness (QED) is 0.649. The van der Waals surface area contributed by atoms with Gasteiger partial charge in [-0.2, -0.15) is 0 Å². The molecule has 122 valence electrons. The summed E-state index contributed by atoms with van der Waals surface area (Å²) in [5.41, 5.74) is 4.11. The Hall–Kier alpha value is -1.88. The Balaban J connectivity index is 1.95. The maximum Gasteiger partial charge on any atom is 0.220 e. The SMILES string of the molecule is CSc1nc(C)c(CCC(=O)N[C@@H](C)c2ccccc2)c(C)n1. The first-order valence-electron chi connectivity index (χ1n) is 7.73. The van der Waals surface area contributed by atoms with Crippen molar-refractivity contribution in [2.45, 2.75) is 44.8 Å². The van der Waals surface area contributed by atoms with Gasteiger partial charge in [-0.3, -0.25) is 4.79 Å². The number of nitrogens with zero attached hydrogens (tertiary/aromatic N) is 2. The minimum Gasteiger partial charge on any atom is -0.350 e. The zero-order chi connectivity index (χ0) is 16.8. The number of nitrogens with one attached hydrogen (secondary N) is 1. The van der Waals surface area contributed by atoms with Crippen LogP contribution < -0.4 is 5.32 Å². The average Bonchev–Trinajstić information content (AvgIpc) is 2.54. The van der Waals surface area contributed by atoms with Gasteiger partial charge in [0.05, 0.1) is 6.04 Å². The molecule has 4 nitrogen and oxygen atoms in total. The van der Waals surface area contributed by atoms with E-state index in [0.717, 1.165) is 27.7 Å². The Morgan fingerprint density at radius 2 is 1.78 bits per heavy atom. The Labute approximate surface area is 142 Å². The van der Waals surface area contributed by atoms with Gasteiger partial charge < -0.3 is 5.32 Å². The predicted molar refractivity (Wildman–Crippen MR) is 94.6 cm³/mol. The van der Waals surface area contributed by atoms with Crippen LogP contribution in [0.15, 0.2) is 35.5 Å². The lowest BCUT2D eigenvalue weighted by atomic mass is 10.1. The normalized spacial score (nSPS) is 12.0. The summed E-state index contributed by atoms with van der Waals surface area (Å²) in [5, 5.41) is 3.83. The summed E-state index contributed by atoms with van der Waals surface area (Å²) in [6, 6.07) is 10.00. The summed E-state index contributed by atoms with van der Waals surface area (Å²) in [5.74, 6) is 0.0501. The summed E-state index contributed by atoms with van der Waals surface area (Å²) in [6.45, 7) is 5.96. The van der Waals surface area contributed by atoms with Crippen molar-refractivity contribution >= 4 is 17.7 Å². The molecule has 1 amide bonds. The van der Waals surface area contributed by atoms with E-state index in [1.54, 1.807) is 0 Å². The molecule has 2 rings (SSSR count). The van der Waals surface area contributed by atoms with Crippen molar-refractivity contribution in [3.63, 3.8) is 0 Å². The van der Waals surface area contributed by atoms with Gasteiger partial charge in [-0.05, 0) is 44.6 Å². The summed E-state index contributed by atoms with van der Waals surface area (Å²) in [7, 11) is 0. The van der Waals surface area contributed by atoms with E-state index in [1.807, 2.05) is 57.4 Å². The van der Waals surface area contributed by atoms with E-state index in [2.05, 4.69) is 15.3 Å². The van der Waals surface area contributed by atoms with Crippen molar-refractivity contribution in [1.82, 2.24) is 15.3 Å². The molecule has 0 bridgehead atoms. The van der Waals surface area contributed by atoms with Crippen molar-refractivity contribution in [1.29, 1.82) is 0 Å². The second-order valence-corrected chi connectivity index (χ2v) is 6.33. The Kier molecular flexibility index (Phi) is 6.16. The first-order chi connectivity index (χ1) is 11.0. The van der Waals surface area contributed by atoms with Crippen LogP contribution in [0.2, 0.25) is 0 Å². The number of amides is 1. The third-order valence-corrected chi connectivity index (χ3v) is 4.41. The van der Waals surface area contributed by atoms with Gasteiger partial charge in [0.15, 0.2) is 5.16 Å². The van der Waals surface area contributed by atoms with E-state index in [0.29, 0.717) is 12.8 Å². The summed E-state index contributed by atoms with van der Waals surface area (Å²) in [6.07, 6.45) is 3.08. The lowest BCUT2D eigenvalue weighted by Gasteiger charge is -2.15. The van der Waals surface area contributed by atoms with Gasteiger partial charge in [0.1, 0.15) is 0 Å². The van der Waals surface area contributed by atoms with Crippen LogP contribution in [0.1, 0.15) is 41.9 Å². The van der Waals surface area contributed by atoms with Crippen LogP contribution in [-0.2, 0) is 11.2 Å². The van der Waals surface area contributed by atoms with E-state index in [-0.39, 0.29) is 11.9 Å². The van der Waals surface area contributed by atoms with Crippen LogP contribution in [0, 0.1) is 13.8 Å². The van der Waals surface area contributed by atoms with E-state index < -0.39 is 0 Å². The van der Waals surface area contributed by atoms with Gasteiger partial charge >= 0.3 is 0 Å². The molecule has 1 N–H and O–H groups in total. The number of thioether (sulfide) groups is 1. The van der Waals surface area contributed by atoms with E-state index >= 15 is 0 Å². The van der Waals surface area contributed by atoms with Crippen LogP contribution in [0.4, 0.5) is 0 Å². The molecule has 1 aromatic heterocycles. The number of carbonyl (C=O) groups excluding carboxylic acids is 1. The number of rotatable bonds is 6. The molecular weight excluding hydrogens is 306 g/mol. The maximum absolute atomic E-state index is 12.2. The van der Waals surface area contributed by atoms with Crippen molar-refractivity contribution in [3.8, 4) is 0 Å². The number of hydrogen-bond donors (Lipinski definition) is 1. The molecule has 0 unspecified atom stereocenters. The van der Waals surface area contributed by atoms with Gasteiger partial charge in [-0.15, -0.1) is 0 Å². The maximum atomic E-state index is 12.2. The number of carbonyl (C=O) groups is 1. The molecule has 0 aliphatic rings. The van der Waals surface area contributed by atoms with Crippen molar-refractivity contribution in [3.05, 3.63) is 52.8 Å². The number of hydrogen-bond acceptors (Lipinski definition) is 4. The Morgan fingerprint density at radius 1 is 1.17 bits per heavy atom. The molecule has 0 radical (unpaired) electrons. The molecule has 0 saturated heterocycles. The fourth-order valence-corrected chi connectivity index (χ4v) is 3.00. The highest BCUT2D eigenvalue weighted by molar-refractivity contribution is 7.98. The van der Waals surface area contributed by atoms with Gasteiger partial charge in [0.25, 0.3) is 0 Å². The van der Waals surface area contributed by atoms with E-state index in [4.69, 9.17) is 0 Å². The van der Waals surface area contributed by atoms with Gasteiger partial charge in [0, 0.05) is 17.8 Å². The second kappa shape index (κ2) is 8.11. The average molecular weight is 329 g/mol. The highest BCUT2D eigenvalue weighted by atomic mass is 32.2. The predicted octanol–water partition coefficient (Wildman–Crippen LogP) is 3.63. The van der Waals surface area contributed by atoms with Crippen LogP contribution in [-0.4, -0.2) is 22.1 Å². The molecule has 5 heteroatoms. The van der Waals surface area contributed by atoms with Crippen LogP contribution in [0.3, 0.4) is 0 Å². The van der Waals surface area contributed by atoms with Crippen molar-refractivity contribution in [2.24, 2.45) is 0 Å². The third-order valence-electron chi connectivity index (χ3n) is 3.86. The molecule has 0 aliphatic heterocycles. The fraction of sp³-hybridized carbons (Fsp3) is 0.389. The zero-order valence-corrected chi connectivity index (χ0v) is 14.9. The number of aromatic nitrogens is 2. The minimum absolute atomic E-state index is 0.0148. The zero-order valence-electron chi connectivity index (χ0n) is 14.1. The summed E-state index contributed by atoms with van der Waals surface area (Å²) in [4.78, 5) is 21.1. The first kappa shape index (κ1) is 17.5. The van der Waals surface area contributed by atoms with Crippen LogP contribution in [0.25, 0.3) is 0 Å². The standard InChI is InChI=1S/C18H23N3OS/c1-12(15-8-6-5-7-9-15)19-17(22)11-10-16-13(2)20-18(23-4)21-14(16)3/h5-9,12H,10-11H2,1-4H3,(H,19,22)/t12-/m0/s1. The van der Waals surface area contributed by atoms with Crippen molar-refractivity contribution < 1.29 is 4.79 Å². The lowest BCUT2D eigenvalue weighted by Crippen LogP contribution is -2.27. The molecular formula is C18H23N3OS. The molecule has 1 atom stereocenters. The summed E-state index contributed by atoms with van der Waals surface area (Å²) >= 11 is 1.53. The van der Waals surface area contributed by atoms with Gasteiger partial charge in [-0.25, -0.2) is 9.97 Å². The molecule has 23 heavy (non-hydrogen) atoms. The Morgan fingerprint density at radius 3 is 2.35 bits per heavy atom. The van der Waals surface area contributed by atoms with E-state index in [9.17, 15) is 4.79 Å². The topological polar surface area (TPSA) is 54.9 Å². The lowest BCUT2D eigenvalue weighted by molar-refractivity contribution is -0.121. The fourth-order valence-electron chi connectivity index (χ4n) is 2.54. The van der Waals surface area contributed by atoms with Crippen LogP contribution in [0.5, 0.6) is 0 Å². The second-order valence-electron chi connectivity index (χ2n) is 5.56. The summed E-state index contributed by atoms with van der Waals surface area (Å²) < 4.78 is 0. The highest BCUT2D eigenvalue weighted by Gasteiger charge is 2.12. The third kappa shape index (κ3) is 4.79. The molecule has 2 aromatic rings. The van der Waals surface area contributed by atoms with Crippen LogP contribution >= 0.6 is 11.8 Å². The monoisotopic (exact) mass is 329 g/mol. The molecule has 0 aliphatic carbocycles. The molecule has 1 aromatic carbocycles. The number of aryl methyl sites for hydroxylation is 2. The van der Waals surface area contributed by atoms with Crippen molar-refractivity contribution in [2.75, 3.05) is 6.26 Å². The molecule has 0 fully saturated rings. The highest BCUT2D eigenvalue weighted by Crippen LogP contribution is 2.17. The minimum atomic E-state index is 0.0148. The molecule has 1 heterocycles. The molecule has 0 spiro atoms. The number of benzene rings is 1. The largest absolute Gasteiger partial charge is 0.350 e. The van der Waals surface area contributed by atoms with Gasteiger partial charge in [0.2, 0.25) is 5.91 Å². The first-order valence-corrected chi connectivity index (χ1v) is 8.96. The Bertz CT molecular complexity index is 650. The van der Waals surface area contributed by atoms with Gasteiger partial charge in [-0.1, -0.05) is 42.1 Å². The van der Waals surface area contributed by atoms with E-state index in [1.165, 1.54) is 11.8 Å². The smallest absolute Gasteiger partial charge is 0.220 e.